The average molecular weight is 138 g/mol. The van der Waals surface area contributed by atoms with Gasteiger partial charge < -0.3 is 0 Å². The van der Waals surface area contributed by atoms with Crippen molar-refractivity contribution in [2.45, 2.75) is 33.6 Å². The lowest BCUT2D eigenvalue weighted by Crippen LogP contribution is -1.85. The van der Waals surface area contributed by atoms with Crippen molar-refractivity contribution in [3.8, 4) is 0 Å². The van der Waals surface area contributed by atoms with E-state index in [4.69, 9.17) is 0 Å². The van der Waals surface area contributed by atoms with E-state index >= 15 is 0 Å². The number of rotatable bonds is 2. The molecular formula is C10H18. The van der Waals surface area contributed by atoms with Gasteiger partial charge in [-0.05, 0) is 36.0 Å². The molecule has 0 N–H and O–H groups in total. The third-order valence-corrected chi connectivity index (χ3v) is 3.77. The third kappa shape index (κ3) is 0.810. The molecule has 58 valence electrons. The quantitative estimate of drug-likeness (QED) is 0.550. The molecule has 0 aliphatic heterocycles. The van der Waals surface area contributed by atoms with Gasteiger partial charge in [0, 0.05) is 0 Å². The van der Waals surface area contributed by atoms with Crippen LogP contribution in [0.25, 0.3) is 0 Å². The van der Waals surface area contributed by atoms with Crippen molar-refractivity contribution in [1.82, 2.24) is 0 Å². The second kappa shape index (κ2) is 1.99. The summed E-state index contributed by atoms with van der Waals surface area (Å²) in [6.45, 7) is 7.18. The van der Waals surface area contributed by atoms with Crippen LogP contribution in [0.2, 0.25) is 0 Å². The molecule has 0 heteroatoms. The van der Waals surface area contributed by atoms with Crippen LogP contribution in [0.3, 0.4) is 0 Å². The molecule has 2 aliphatic rings. The lowest BCUT2D eigenvalue weighted by molar-refractivity contribution is 0.578. The fourth-order valence-corrected chi connectivity index (χ4v) is 2.82. The zero-order chi connectivity index (χ0) is 7.30. The fraction of sp³-hybridized carbons (Fsp3) is 1.00. The minimum absolute atomic E-state index is 1.07. The number of hydrogen-bond acceptors (Lipinski definition) is 0. The lowest BCUT2D eigenvalue weighted by Gasteiger charge is -1.90. The van der Waals surface area contributed by atoms with Gasteiger partial charge in [-0.3, -0.25) is 0 Å². The maximum absolute atomic E-state index is 2.43. The van der Waals surface area contributed by atoms with Crippen LogP contribution in [0.5, 0.6) is 0 Å². The highest BCUT2D eigenvalue weighted by Crippen LogP contribution is 2.62. The summed E-state index contributed by atoms with van der Waals surface area (Å²) in [5.74, 6) is 5.53. The zero-order valence-corrected chi connectivity index (χ0v) is 7.30. The van der Waals surface area contributed by atoms with E-state index in [-0.39, 0.29) is 0 Å². The summed E-state index contributed by atoms with van der Waals surface area (Å²) in [5.41, 5.74) is 0. The van der Waals surface area contributed by atoms with Gasteiger partial charge in [0.05, 0.1) is 0 Å². The first-order chi connectivity index (χ1) is 4.75. The van der Waals surface area contributed by atoms with E-state index in [9.17, 15) is 0 Å². The van der Waals surface area contributed by atoms with E-state index in [2.05, 4.69) is 20.8 Å². The molecule has 5 unspecified atom stereocenters. The Bertz CT molecular complexity index is 135. The Morgan fingerprint density at radius 3 is 2.20 bits per heavy atom. The van der Waals surface area contributed by atoms with Gasteiger partial charge in [-0.25, -0.2) is 0 Å². The van der Waals surface area contributed by atoms with Crippen molar-refractivity contribution in [2.75, 3.05) is 0 Å². The minimum atomic E-state index is 1.07. The smallest absolute Gasteiger partial charge is 0.0324 e. The zero-order valence-electron chi connectivity index (χ0n) is 7.30. The second-order valence-electron chi connectivity index (χ2n) is 4.39. The first-order valence-corrected chi connectivity index (χ1v) is 4.75. The molecule has 0 nitrogen and oxygen atoms in total. The summed E-state index contributed by atoms with van der Waals surface area (Å²) in [5, 5.41) is 0. The molecule has 0 bridgehead atoms. The number of hydrogen-bond donors (Lipinski definition) is 0. The van der Waals surface area contributed by atoms with Crippen LogP contribution in [0.15, 0.2) is 0 Å². The van der Waals surface area contributed by atoms with Crippen LogP contribution in [-0.4, -0.2) is 0 Å². The van der Waals surface area contributed by atoms with E-state index in [1.807, 2.05) is 0 Å². The molecule has 2 saturated carbocycles. The Balaban J connectivity index is 1.87. The predicted molar refractivity (Wildman–Crippen MR) is 43.7 cm³/mol. The molecule has 0 amide bonds. The molecule has 2 rings (SSSR count). The van der Waals surface area contributed by atoms with Gasteiger partial charge in [0.15, 0.2) is 0 Å². The summed E-state index contributed by atoms with van der Waals surface area (Å²) >= 11 is 0. The first kappa shape index (κ1) is 6.69. The highest BCUT2D eigenvalue weighted by Gasteiger charge is 2.55. The fourth-order valence-electron chi connectivity index (χ4n) is 2.82. The topological polar surface area (TPSA) is 0 Å². The Hall–Kier alpha value is 0. The second-order valence-corrected chi connectivity index (χ2v) is 4.39. The maximum Gasteiger partial charge on any atom is -0.0324 e. The Labute approximate surface area is 64.0 Å². The van der Waals surface area contributed by atoms with Crippen molar-refractivity contribution < 1.29 is 0 Å². The van der Waals surface area contributed by atoms with Crippen molar-refractivity contribution in [3.05, 3.63) is 0 Å². The minimum Gasteiger partial charge on any atom is -0.0651 e. The van der Waals surface area contributed by atoms with E-state index < -0.39 is 0 Å². The standard InChI is InChI=1S/C10H18/c1-4-8-7(3)10(8)9-5-6(9)2/h6-10H,4-5H2,1-3H3. The van der Waals surface area contributed by atoms with Crippen LogP contribution >= 0.6 is 0 Å². The first-order valence-electron chi connectivity index (χ1n) is 4.75. The highest BCUT2D eigenvalue weighted by molar-refractivity contribution is 5.04. The van der Waals surface area contributed by atoms with Crippen LogP contribution in [0, 0.1) is 29.6 Å². The van der Waals surface area contributed by atoms with Crippen LogP contribution < -0.4 is 0 Å². The normalized spacial score (nSPS) is 58.5. The van der Waals surface area contributed by atoms with Gasteiger partial charge in [0.1, 0.15) is 0 Å². The molecule has 0 aromatic carbocycles. The van der Waals surface area contributed by atoms with Gasteiger partial charge in [0.2, 0.25) is 0 Å². The van der Waals surface area contributed by atoms with Gasteiger partial charge in [-0.15, -0.1) is 0 Å². The predicted octanol–water partition coefficient (Wildman–Crippen LogP) is 2.93. The Morgan fingerprint density at radius 2 is 1.90 bits per heavy atom. The van der Waals surface area contributed by atoms with Crippen LogP contribution in [0.4, 0.5) is 0 Å². The molecule has 0 radical (unpaired) electrons. The molecule has 0 spiro atoms. The van der Waals surface area contributed by atoms with Crippen molar-refractivity contribution in [1.29, 1.82) is 0 Å². The lowest BCUT2D eigenvalue weighted by atomic mass is 10.1. The molecule has 5 atom stereocenters. The third-order valence-electron chi connectivity index (χ3n) is 3.77. The highest BCUT2D eigenvalue weighted by atomic mass is 14.6. The molecule has 0 heterocycles. The molecule has 10 heavy (non-hydrogen) atoms. The SMILES string of the molecule is CCC1C(C)C1C1CC1C. The Kier molecular flexibility index (Phi) is 1.33. The maximum atomic E-state index is 2.43. The molecule has 2 fully saturated rings. The van der Waals surface area contributed by atoms with E-state index in [1.165, 1.54) is 12.8 Å². The summed E-state index contributed by atoms with van der Waals surface area (Å²) in [6.07, 6.45) is 2.96. The van der Waals surface area contributed by atoms with Crippen molar-refractivity contribution >= 4 is 0 Å². The van der Waals surface area contributed by atoms with Crippen LogP contribution in [-0.2, 0) is 0 Å². The summed E-state index contributed by atoms with van der Waals surface area (Å²) < 4.78 is 0. The average Bonchev–Trinajstić information content (AvgIpc) is 2.72. The Morgan fingerprint density at radius 1 is 1.30 bits per heavy atom. The molecule has 2 aliphatic carbocycles. The van der Waals surface area contributed by atoms with Crippen molar-refractivity contribution in [3.63, 3.8) is 0 Å². The van der Waals surface area contributed by atoms with Gasteiger partial charge in [0.25, 0.3) is 0 Å². The summed E-state index contributed by atoms with van der Waals surface area (Å²) in [4.78, 5) is 0. The largest absolute Gasteiger partial charge is 0.0651 e. The monoisotopic (exact) mass is 138 g/mol. The van der Waals surface area contributed by atoms with E-state index in [1.54, 1.807) is 0 Å². The van der Waals surface area contributed by atoms with Gasteiger partial charge in [-0.1, -0.05) is 27.2 Å². The molecule has 0 aromatic heterocycles. The molecule has 0 aromatic rings. The van der Waals surface area contributed by atoms with E-state index in [0.717, 1.165) is 29.6 Å². The van der Waals surface area contributed by atoms with E-state index in [0.29, 0.717) is 0 Å². The molecular weight excluding hydrogens is 120 g/mol. The molecule has 0 saturated heterocycles. The van der Waals surface area contributed by atoms with Crippen LogP contribution in [0.1, 0.15) is 33.6 Å². The van der Waals surface area contributed by atoms with Gasteiger partial charge >= 0.3 is 0 Å². The summed E-state index contributed by atoms with van der Waals surface area (Å²) in [7, 11) is 0. The van der Waals surface area contributed by atoms with Gasteiger partial charge in [-0.2, -0.15) is 0 Å². The van der Waals surface area contributed by atoms with Crippen molar-refractivity contribution in [2.24, 2.45) is 29.6 Å². The summed E-state index contributed by atoms with van der Waals surface area (Å²) in [6, 6.07) is 0.